The van der Waals surface area contributed by atoms with E-state index in [0.29, 0.717) is 19.3 Å². The van der Waals surface area contributed by atoms with Gasteiger partial charge in [-0.2, -0.15) is 0 Å². The molecular weight excluding hydrogens is 985 g/mol. The molecule has 0 aliphatic rings. The Labute approximate surface area is 497 Å². The number of carbonyl (C=O) groups is 3. The summed E-state index contributed by atoms with van der Waals surface area (Å²) in [6.45, 7) is 6.58. The van der Waals surface area contributed by atoms with Crippen LogP contribution in [0.5, 0.6) is 0 Å². The molecule has 464 valence electrons. The Hall–Kier alpha value is -3.15. The van der Waals surface area contributed by atoms with Crippen LogP contribution in [0.3, 0.4) is 0 Å². The van der Waals surface area contributed by atoms with Crippen molar-refractivity contribution in [3.8, 4) is 0 Å². The molecule has 80 heavy (non-hydrogen) atoms. The number of rotatable bonds is 64. The normalized spacial score (nSPS) is 12.5. The van der Waals surface area contributed by atoms with Crippen molar-refractivity contribution in [2.24, 2.45) is 0 Å². The van der Waals surface area contributed by atoms with Crippen LogP contribution in [0, 0.1) is 0 Å². The van der Waals surface area contributed by atoms with E-state index in [2.05, 4.69) is 93.7 Å². The minimum atomic E-state index is -0.777. The van der Waals surface area contributed by atoms with Crippen molar-refractivity contribution in [1.29, 1.82) is 0 Å². The van der Waals surface area contributed by atoms with Crippen LogP contribution in [0.2, 0.25) is 0 Å². The number of unbranched alkanes of at least 4 members (excludes halogenated alkanes) is 41. The van der Waals surface area contributed by atoms with E-state index in [-0.39, 0.29) is 31.1 Å². The fraction of sp³-hybridized carbons (Fsp3) is 0.797. The highest BCUT2D eigenvalue weighted by atomic mass is 16.6. The lowest BCUT2D eigenvalue weighted by molar-refractivity contribution is -0.167. The lowest BCUT2D eigenvalue weighted by Crippen LogP contribution is -2.30. The molecule has 0 aromatic rings. The maximum absolute atomic E-state index is 12.9. The molecule has 0 aliphatic heterocycles. The van der Waals surface area contributed by atoms with Gasteiger partial charge in [0, 0.05) is 19.3 Å². The van der Waals surface area contributed by atoms with Crippen LogP contribution in [0.4, 0.5) is 0 Å². The fourth-order valence-corrected chi connectivity index (χ4v) is 10.2. The lowest BCUT2D eigenvalue weighted by Gasteiger charge is -2.18. The third-order valence-corrected chi connectivity index (χ3v) is 15.4. The number of carbonyl (C=O) groups excluding carboxylic acids is 3. The maximum atomic E-state index is 12.9. The second kappa shape index (κ2) is 68.3. The molecule has 0 saturated carbocycles. The Morgan fingerprint density at radius 1 is 0.263 bits per heavy atom. The quantitative estimate of drug-likeness (QED) is 0.0261. The standard InChI is InChI=1S/C74H132O6/c1-4-7-10-13-16-19-22-25-28-31-32-33-34-35-36-37-38-39-40-41-42-44-46-49-52-55-58-61-64-67-73(76)79-70-71(69-78-72(75)66-63-60-57-54-51-48-45-30-27-24-21-18-15-12-9-6-3)80-74(77)68-65-62-59-56-53-50-47-43-29-26-23-20-17-14-11-8-5-2/h7,10,16,19,25-26,28-29,32-33,35-36,71H,4-6,8-9,11-15,17-18,20-24,27,30-31,34,37-70H2,1-3H3/b10-7-,19-16-,28-25-,29-26-,33-32-,36-35-. The van der Waals surface area contributed by atoms with Gasteiger partial charge < -0.3 is 14.2 Å². The Morgan fingerprint density at radius 3 is 0.775 bits per heavy atom. The van der Waals surface area contributed by atoms with Crippen molar-refractivity contribution in [2.45, 2.75) is 367 Å². The Morgan fingerprint density at radius 2 is 0.487 bits per heavy atom. The predicted molar refractivity (Wildman–Crippen MR) is 348 cm³/mol. The molecule has 6 nitrogen and oxygen atoms in total. The minimum absolute atomic E-state index is 0.0720. The summed E-state index contributed by atoms with van der Waals surface area (Å²) in [4.78, 5) is 38.4. The Bertz CT molecular complexity index is 1470. The van der Waals surface area contributed by atoms with Gasteiger partial charge in [0.2, 0.25) is 0 Å². The largest absolute Gasteiger partial charge is 0.462 e. The van der Waals surface area contributed by atoms with Crippen LogP contribution in [0.15, 0.2) is 72.9 Å². The van der Waals surface area contributed by atoms with Gasteiger partial charge in [-0.05, 0) is 89.9 Å². The molecule has 0 bridgehead atoms. The lowest BCUT2D eigenvalue weighted by atomic mass is 10.0. The molecule has 1 unspecified atom stereocenters. The van der Waals surface area contributed by atoms with Gasteiger partial charge in [-0.15, -0.1) is 0 Å². The maximum Gasteiger partial charge on any atom is 0.306 e. The first-order chi connectivity index (χ1) is 39.5. The molecule has 0 rings (SSSR count). The average Bonchev–Trinajstić information content (AvgIpc) is 3.46. The van der Waals surface area contributed by atoms with Crippen molar-refractivity contribution in [1.82, 2.24) is 0 Å². The number of allylic oxidation sites excluding steroid dienone is 12. The van der Waals surface area contributed by atoms with Crippen LogP contribution in [-0.2, 0) is 28.6 Å². The molecule has 0 saturated heterocycles. The molecule has 0 aromatic carbocycles. The second-order valence-corrected chi connectivity index (χ2v) is 23.4. The van der Waals surface area contributed by atoms with Gasteiger partial charge >= 0.3 is 17.9 Å². The zero-order valence-electron chi connectivity index (χ0n) is 53.3. The molecule has 0 fully saturated rings. The smallest absolute Gasteiger partial charge is 0.306 e. The Kier molecular flexibility index (Phi) is 65.7. The molecule has 0 aromatic heterocycles. The molecule has 1 atom stereocenters. The van der Waals surface area contributed by atoms with Gasteiger partial charge in [0.1, 0.15) is 13.2 Å². The average molecular weight is 1120 g/mol. The number of esters is 3. The van der Waals surface area contributed by atoms with Gasteiger partial charge in [-0.25, -0.2) is 0 Å². The number of hydrogen-bond acceptors (Lipinski definition) is 6. The van der Waals surface area contributed by atoms with E-state index in [9.17, 15) is 14.4 Å². The first-order valence-electron chi connectivity index (χ1n) is 34.9. The van der Waals surface area contributed by atoms with Crippen molar-refractivity contribution in [3.63, 3.8) is 0 Å². The van der Waals surface area contributed by atoms with E-state index in [1.165, 1.54) is 231 Å². The van der Waals surface area contributed by atoms with Crippen LogP contribution in [0.25, 0.3) is 0 Å². The van der Waals surface area contributed by atoms with Crippen LogP contribution >= 0.6 is 0 Å². The topological polar surface area (TPSA) is 78.9 Å². The fourth-order valence-electron chi connectivity index (χ4n) is 10.2. The predicted octanol–water partition coefficient (Wildman–Crippen LogP) is 24.1. The molecule has 0 amide bonds. The highest BCUT2D eigenvalue weighted by Gasteiger charge is 2.19. The van der Waals surface area contributed by atoms with Crippen molar-refractivity contribution in [2.75, 3.05) is 13.2 Å². The summed E-state index contributed by atoms with van der Waals surface area (Å²) in [5.74, 6) is -0.855. The third-order valence-electron chi connectivity index (χ3n) is 15.4. The van der Waals surface area contributed by atoms with Crippen molar-refractivity contribution >= 4 is 17.9 Å². The highest BCUT2D eigenvalue weighted by molar-refractivity contribution is 5.71. The summed E-state index contributed by atoms with van der Waals surface area (Å²) in [5.41, 5.74) is 0. The van der Waals surface area contributed by atoms with Gasteiger partial charge in [0.25, 0.3) is 0 Å². The van der Waals surface area contributed by atoms with Gasteiger partial charge in [0.05, 0.1) is 0 Å². The summed E-state index contributed by atoms with van der Waals surface area (Å²) < 4.78 is 17.0. The molecule has 0 N–H and O–H groups in total. The number of hydrogen-bond donors (Lipinski definition) is 0. The molecule has 0 aliphatic carbocycles. The first kappa shape index (κ1) is 76.9. The van der Waals surface area contributed by atoms with E-state index in [1.807, 2.05) is 0 Å². The summed E-state index contributed by atoms with van der Waals surface area (Å²) in [5, 5.41) is 0. The highest BCUT2D eigenvalue weighted by Crippen LogP contribution is 2.18. The Balaban J connectivity index is 4.26. The van der Waals surface area contributed by atoms with Crippen LogP contribution in [0.1, 0.15) is 361 Å². The van der Waals surface area contributed by atoms with Crippen molar-refractivity contribution < 1.29 is 28.6 Å². The van der Waals surface area contributed by atoms with Gasteiger partial charge in [-0.3, -0.25) is 14.4 Å². The summed E-state index contributed by atoms with van der Waals surface area (Å²) in [6, 6.07) is 0. The van der Waals surface area contributed by atoms with Crippen LogP contribution in [-0.4, -0.2) is 37.2 Å². The van der Waals surface area contributed by atoms with Crippen LogP contribution < -0.4 is 0 Å². The molecule has 6 heteroatoms. The molecule has 0 heterocycles. The van der Waals surface area contributed by atoms with E-state index < -0.39 is 6.10 Å². The van der Waals surface area contributed by atoms with Gasteiger partial charge in [-0.1, -0.05) is 325 Å². The molecule has 0 radical (unpaired) electrons. The summed E-state index contributed by atoms with van der Waals surface area (Å²) >= 11 is 0. The van der Waals surface area contributed by atoms with E-state index in [4.69, 9.17) is 14.2 Å². The zero-order chi connectivity index (χ0) is 57.8. The van der Waals surface area contributed by atoms with Gasteiger partial charge in [0.15, 0.2) is 6.10 Å². The number of ether oxygens (including phenoxy) is 3. The third kappa shape index (κ3) is 65.7. The first-order valence-corrected chi connectivity index (χ1v) is 34.9. The van der Waals surface area contributed by atoms with E-state index in [0.717, 1.165) is 89.9 Å². The molecule has 0 spiro atoms. The van der Waals surface area contributed by atoms with Crippen molar-refractivity contribution in [3.05, 3.63) is 72.9 Å². The van der Waals surface area contributed by atoms with E-state index in [1.54, 1.807) is 0 Å². The minimum Gasteiger partial charge on any atom is -0.462 e. The monoisotopic (exact) mass is 1120 g/mol. The summed E-state index contributed by atoms with van der Waals surface area (Å²) in [6.07, 6.45) is 89.2. The SMILES string of the molecule is CC/C=C\C/C=C\C/C=C\C/C=C\C/C=C\CCCCCCCCCCCCCCCC(=O)OCC(COC(=O)CCCCCCCCCCCCCCCCCC)OC(=O)CCCCCCCCC/C=C\CCCCCCCC. The zero-order valence-corrected chi connectivity index (χ0v) is 53.3. The van der Waals surface area contributed by atoms with E-state index >= 15 is 0 Å². The summed E-state index contributed by atoms with van der Waals surface area (Å²) in [7, 11) is 0. The second-order valence-electron chi connectivity index (χ2n) is 23.4. The molecular formula is C74H132O6.